The Morgan fingerprint density at radius 3 is 2.72 bits per heavy atom. The molecule has 0 unspecified atom stereocenters. The molecule has 90 valence electrons. The zero-order valence-corrected chi connectivity index (χ0v) is 12.2. The van der Waals surface area contributed by atoms with Gasteiger partial charge in [-0.15, -0.1) is 22.7 Å². The van der Waals surface area contributed by atoms with Crippen LogP contribution in [0.1, 0.15) is 10.4 Å². The van der Waals surface area contributed by atoms with E-state index < -0.39 is 5.97 Å². The van der Waals surface area contributed by atoms with E-state index in [1.54, 1.807) is 28.7 Å². The van der Waals surface area contributed by atoms with Crippen LogP contribution in [0.15, 0.2) is 40.2 Å². The number of hydrogen-bond acceptors (Lipinski definition) is 3. The first-order chi connectivity index (χ1) is 8.65. The van der Waals surface area contributed by atoms with Crippen LogP contribution in [0.2, 0.25) is 0 Å². The summed E-state index contributed by atoms with van der Waals surface area (Å²) in [7, 11) is 0. The van der Waals surface area contributed by atoms with Crippen molar-refractivity contribution in [2.24, 2.45) is 0 Å². The average molecular weight is 339 g/mol. The molecule has 0 aliphatic rings. The van der Waals surface area contributed by atoms with Crippen LogP contribution in [0.25, 0.3) is 19.8 Å². The van der Waals surface area contributed by atoms with Crippen molar-refractivity contribution in [3.8, 4) is 10.4 Å². The highest BCUT2D eigenvalue weighted by Crippen LogP contribution is 2.38. The Labute approximate surface area is 120 Å². The van der Waals surface area contributed by atoms with Gasteiger partial charge in [0.05, 0.1) is 5.56 Å². The van der Waals surface area contributed by atoms with Gasteiger partial charge in [0.2, 0.25) is 0 Å². The second kappa shape index (κ2) is 4.50. The van der Waals surface area contributed by atoms with Crippen molar-refractivity contribution >= 4 is 54.0 Å². The van der Waals surface area contributed by atoms with E-state index in [4.69, 9.17) is 0 Å². The van der Waals surface area contributed by atoms with E-state index in [9.17, 15) is 9.90 Å². The van der Waals surface area contributed by atoms with Crippen molar-refractivity contribution in [1.29, 1.82) is 0 Å². The van der Waals surface area contributed by atoms with Crippen molar-refractivity contribution < 1.29 is 9.90 Å². The monoisotopic (exact) mass is 338 g/mol. The fourth-order valence-corrected chi connectivity index (χ4v) is 4.32. The number of thiophene rings is 2. The van der Waals surface area contributed by atoms with Gasteiger partial charge in [-0.25, -0.2) is 4.79 Å². The molecule has 0 aliphatic heterocycles. The first kappa shape index (κ1) is 11.9. The van der Waals surface area contributed by atoms with E-state index >= 15 is 0 Å². The van der Waals surface area contributed by atoms with Crippen LogP contribution in [0, 0.1) is 0 Å². The van der Waals surface area contributed by atoms with Crippen LogP contribution in [0.3, 0.4) is 0 Å². The standard InChI is InChI=1S/C13H7BrO2S2/c14-7-1-2-8(9(5-7)13(15)16)11-6-12-10(18-11)3-4-17-12/h1-6H,(H,15,16). The van der Waals surface area contributed by atoms with Crippen LogP contribution in [-0.2, 0) is 0 Å². The molecule has 3 rings (SSSR count). The van der Waals surface area contributed by atoms with Gasteiger partial charge in [-0.3, -0.25) is 0 Å². The van der Waals surface area contributed by atoms with E-state index in [0.717, 1.165) is 14.9 Å². The molecule has 0 atom stereocenters. The van der Waals surface area contributed by atoms with E-state index in [-0.39, 0.29) is 0 Å². The molecule has 0 spiro atoms. The van der Waals surface area contributed by atoms with Crippen molar-refractivity contribution in [3.05, 3.63) is 45.7 Å². The summed E-state index contributed by atoms with van der Waals surface area (Å²) in [4.78, 5) is 12.3. The first-order valence-corrected chi connectivity index (χ1v) is 7.64. The largest absolute Gasteiger partial charge is 0.478 e. The van der Waals surface area contributed by atoms with Gasteiger partial charge in [0.15, 0.2) is 0 Å². The number of rotatable bonds is 2. The summed E-state index contributed by atoms with van der Waals surface area (Å²) in [6, 6.07) is 9.48. The van der Waals surface area contributed by atoms with Gasteiger partial charge in [0.1, 0.15) is 0 Å². The van der Waals surface area contributed by atoms with E-state index in [1.165, 1.54) is 9.40 Å². The first-order valence-electron chi connectivity index (χ1n) is 5.15. The lowest BCUT2D eigenvalue weighted by molar-refractivity contribution is 0.0697. The van der Waals surface area contributed by atoms with Gasteiger partial charge >= 0.3 is 5.97 Å². The number of benzene rings is 1. The highest BCUT2D eigenvalue weighted by Gasteiger charge is 2.14. The third kappa shape index (κ3) is 1.98. The lowest BCUT2D eigenvalue weighted by Crippen LogP contribution is -1.98. The summed E-state index contributed by atoms with van der Waals surface area (Å²) >= 11 is 6.61. The molecule has 0 amide bonds. The minimum atomic E-state index is -0.900. The lowest BCUT2D eigenvalue weighted by Gasteiger charge is -2.04. The van der Waals surface area contributed by atoms with E-state index in [1.807, 2.05) is 17.5 Å². The molecule has 5 heteroatoms. The maximum absolute atomic E-state index is 11.3. The molecule has 0 aliphatic carbocycles. The summed E-state index contributed by atoms with van der Waals surface area (Å²) in [6.07, 6.45) is 0. The van der Waals surface area contributed by atoms with Crippen LogP contribution in [0.4, 0.5) is 0 Å². The molecule has 18 heavy (non-hydrogen) atoms. The smallest absolute Gasteiger partial charge is 0.336 e. The third-order valence-electron chi connectivity index (χ3n) is 2.62. The molecule has 2 nitrogen and oxygen atoms in total. The molecule has 2 heterocycles. The topological polar surface area (TPSA) is 37.3 Å². The highest BCUT2D eigenvalue weighted by molar-refractivity contribution is 9.10. The predicted octanol–water partition coefficient (Wildman–Crippen LogP) is 5.09. The second-order valence-corrected chi connectivity index (χ2v) is 6.70. The molecular weight excluding hydrogens is 332 g/mol. The molecule has 1 aromatic carbocycles. The van der Waals surface area contributed by atoms with Gasteiger partial charge in [-0.2, -0.15) is 0 Å². The molecule has 1 N–H and O–H groups in total. The van der Waals surface area contributed by atoms with Crippen molar-refractivity contribution in [2.45, 2.75) is 0 Å². The zero-order valence-electron chi connectivity index (χ0n) is 9.01. The average Bonchev–Trinajstić information content (AvgIpc) is 2.88. The third-order valence-corrected chi connectivity index (χ3v) is 5.24. The highest BCUT2D eigenvalue weighted by atomic mass is 79.9. The molecule has 2 aromatic heterocycles. The van der Waals surface area contributed by atoms with E-state index in [2.05, 4.69) is 28.1 Å². The summed E-state index contributed by atoms with van der Waals surface area (Å²) in [5, 5.41) is 11.3. The predicted molar refractivity (Wildman–Crippen MR) is 79.8 cm³/mol. The maximum Gasteiger partial charge on any atom is 0.336 e. The van der Waals surface area contributed by atoms with Crippen LogP contribution < -0.4 is 0 Å². The minimum absolute atomic E-state index is 0.332. The summed E-state index contributed by atoms with van der Waals surface area (Å²) in [6.45, 7) is 0. The van der Waals surface area contributed by atoms with Gasteiger partial charge in [-0.1, -0.05) is 22.0 Å². The Kier molecular flexibility index (Phi) is 2.97. The zero-order chi connectivity index (χ0) is 12.7. The number of fused-ring (bicyclic) bond motifs is 1. The van der Waals surface area contributed by atoms with Gasteiger partial charge in [-0.05, 0) is 29.6 Å². The fourth-order valence-electron chi connectivity index (χ4n) is 1.81. The maximum atomic E-state index is 11.3. The van der Waals surface area contributed by atoms with Crippen LogP contribution in [-0.4, -0.2) is 11.1 Å². The number of halogens is 1. The number of carboxylic acids is 1. The Morgan fingerprint density at radius 1 is 1.17 bits per heavy atom. The molecule has 0 fully saturated rings. The lowest BCUT2D eigenvalue weighted by atomic mass is 10.1. The van der Waals surface area contributed by atoms with E-state index in [0.29, 0.717) is 5.56 Å². The van der Waals surface area contributed by atoms with Gasteiger partial charge in [0.25, 0.3) is 0 Å². The van der Waals surface area contributed by atoms with Crippen molar-refractivity contribution in [3.63, 3.8) is 0 Å². The summed E-state index contributed by atoms with van der Waals surface area (Å²) in [5.41, 5.74) is 1.11. The van der Waals surface area contributed by atoms with Gasteiger partial charge < -0.3 is 5.11 Å². The number of hydrogen-bond donors (Lipinski definition) is 1. The molecule has 0 bridgehead atoms. The number of aromatic carboxylic acids is 1. The molecule has 0 saturated carbocycles. The number of carbonyl (C=O) groups is 1. The summed E-state index contributed by atoms with van der Waals surface area (Å²) in [5.74, 6) is -0.900. The molecule has 0 saturated heterocycles. The van der Waals surface area contributed by atoms with Crippen molar-refractivity contribution in [1.82, 2.24) is 0 Å². The number of carboxylic acid groups (broad SMARTS) is 1. The normalized spacial score (nSPS) is 10.9. The van der Waals surface area contributed by atoms with Crippen molar-refractivity contribution in [2.75, 3.05) is 0 Å². The Balaban J connectivity index is 2.22. The molecule has 3 aromatic rings. The Morgan fingerprint density at radius 2 is 2.00 bits per heavy atom. The Hall–Kier alpha value is -1.17. The SMILES string of the molecule is O=C(O)c1cc(Br)ccc1-c1cc2sccc2s1. The molecule has 0 radical (unpaired) electrons. The van der Waals surface area contributed by atoms with Crippen LogP contribution >= 0.6 is 38.6 Å². The minimum Gasteiger partial charge on any atom is -0.478 e. The fraction of sp³-hybridized carbons (Fsp3) is 0. The second-order valence-electron chi connectivity index (χ2n) is 3.75. The van der Waals surface area contributed by atoms with Crippen LogP contribution in [0.5, 0.6) is 0 Å². The molecular formula is C13H7BrO2S2. The van der Waals surface area contributed by atoms with Gasteiger partial charge in [0, 0.05) is 24.3 Å². The summed E-state index contributed by atoms with van der Waals surface area (Å²) < 4.78 is 3.19. The quantitative estimate of drug-likeness (QED) is 0.706. The Bertz CT molecular complexity index is 714.